The molecule has 1 heterocycles. The van der Waals surface area contributed by atoms with Crippen molar-refractivity contribution >= 4 is 23.1 Å². The van der Waals surface area contributed by atoms with Gasteiger partial charge in [0.2, 0.25) is 0 Å². The predicted octanol–water partition coefficient (Wildman–Crippen LogP) is 4.26. The molecule has 0 bridgehead atoms. The van der Waals surface area contributed by atoms with E-state index in [0.29, 0.717) is 16.1 Å². The Morgan fingerprint density at radius 1 is 1.24 bits per heavy atom. The molecule has 2 aromatic carbocycles. The molecule has 0 spiro atoms. The lowest BCUT2D eigenvalue weighted by atomic mass is 9.96. The average molecular weight is 304 g/mol. The number of hydrogen-bond acceptors (Lipinski definition) is 2. The number of Topliss-reactive ketones (excluding diaryl/α,β-unsaturated/α-hetero) is 1. The zero-order chi connectivity index (χ0) is 14.8. The summed E-state index contributed by atoms with van der Waals surface area (Å²) in [5.74, 6) is -0.489. The van der Waals surface area contributed by atoms with E-state index in [0.717, 1.165) is 30.6 Å². The smallest absolute Gasteiger partial charge is 0.167 e. The minimum absolute atomic E-state index is 0.0264. The Hall–Kier alpha value is -1.87. The number of halogens is 2. The second-order valence-electron chi connectivity index (χ2n) is 5.24. The molecule has 0 amide bonds. The lowest BCUT2D eigenvalue weighted by Gasteiger charge is -2.18. The number of benzene rings is 2. The van der Waals surface area contributed by atoms with Crippen LogP contribution in [0.2, 0.25) is 5.02 Å². The first-order chi connectivity index (χ1) is 10.1. The molecule has 0 unspecified atom stereocenters. The molecular formula is C17H15ClFNO. The zero-order valence-corrected chi connectivity index (χ0v) is 12.2. The first-order valence-electron chi connectivity index (χ1n) is 6.97. The van der Waals surface area contributed by atoms with Crippen molar-refractivity contribution in [3.63, 3.8) is 0 Å². The van der Waals surface area contributed by atoms with Crippen molar-refractivity contribution in [3.05, 3.63) is 63.9 Å². The predicted molar refractivity (Wildman–Crippen MR) is 82.7 cm³/mol. The lowest BCUT2D eigenvalue weighted by Crippen LogP contribution is -2.13. The van der Waals surface area contributed by atoms with Gasteiger partial charge >= 0.3 is 0 Å². The maximum Gasteiger partial charge on any atom is 0.167 e. The maximum atomic E-state index is 13.7. The SMILES string of the molecule is O=C(Cc1cc(Cl)ccc1F)c1ccc2c(c1)CCCN2. The summed E-state index contributed by atoms with van der Waals surface area (Å²) in [7, 11) is 0. The Bertz CT molecular complexity index is 699. The highest BCUT2D eigenvalue weighted by molar-refractivity contribution is 6.30. The molecule has 108 valence electrons. The molecular weight excluding hydrogens is 289 g/mol. The van der Waals surface area contributed by atoms with Gasteiger partial charge < -0.3 is 5.32 Å². The third kappa shape index (κ3) is 3.08. The van der Waals surface area contributed by atoms with Crippen LogP contribution in [0.25, 0.3) is 0 Å². The minimum atomic E-state index is -0.396. The molecule has 2 aromatic rings. The van der Waals surface area contributed by atoms with Crippen molar-refractivity contribution in [2.45, 2.75) is 19.3 Å². The van der Waals surface area contributed by atoms with Crippen LogP contribution in [0, 0.1) is 5.82 Å². The number of carbonyl (C=O) groups excluding carboxylic acids is 1. The van der Waals surface area contributed by atoms with E-state index in [4.69, 9.17) is 11.6 Å². The van der Waals surface area contributed by atoms with Gasteiger partial charge in [0.1, 0.15) is 5.82 Å². The van der Waals surface area contributed by atoms with Crippen LogP contribution in [0.5, 0.6) is 0 Å². The van der Waals surface area contributed by atoms with Gasteiger partial charge in [-0.25, -0.2) is 4.39 Å². The molecule has 0 saturated heterocycles. The minimum Gasteiger partial charge on any atom is -0.385 e. The fourth-order valence-corrected chi connectivity index (χ4v) is 2.80. The van der Waals surface area contributed by atoms with Crippen LogP contribution in [0.3, 0.4) is 0 Å². The first-order valence-corrected chi connectivity index (χ1v) is 7.35. The third-order valence-corrected chi connectivity index (χ3v) is 3.96. The number of fused-ring (bicyclic) bond motifs is 1. The summed E-state index contributed by atoms with van der Waals surface area (Å²) < 4.78 is 13.7. The van der Waals surface area contributed by atoms with Gasteiger partial charge in [-0.2, -0.15) is 0 Å². The summed E-state index contributed by atoms with van der Waals surface area (Å²) in [6.45, 7) is 0.966. The summed E-state index contributed by atoms with van der Waals surface area (Å²) in [6.07, 6.45) is 2.06. The highest BCUT2D eigenvalue weighted by atomic mass is 35.5. The molecule has 0 atom stereocenters. The largest absolute Gasteiger partial charge is 0.385 e. The fraction of sp³-hybridized carbons (Fsp3) is 0.235. The van der Waals surface area contributed by atoms with Crippen LogP contribution in [-0.2, 0) is 12.8 Å². The van der Waals surface area contributed by atoms with E-state index in [2.05, 4.69) is 5.32 Å². The number of aryl methyl sites for hydroxylation is 1. The highest BCUT2D eigenvalue weighted by Crippen LogP contribution is 2.24. The number of rotatable bonds is 3. The number of hydrogen-bond donors (Lipinski definition) is 1. The Labute approximate surface area is 127 Å². The van der Waals surface area contributed by atoms with Crippen LogP contribution in [0.15, 0.2) is 36.4 Å². The van der Waals surface area contributed by atoms with E-state index in [1.165, 1.54) is 18.2 Å². The van der Waals surface area contributed by atoms with Crippen LogP contribution in [-0.4, -0.2) is 12.3 Å². The van der Waals surface area contributed by atoms with Crippen molar-refractivity contribution in [1.82, 2.24) is 0 Å². The molecule has 4 heteroatoms. The standard InChI is InChI=1S/C17H15ClFNO/c18-14-4-5-15(19)13(9-14)10-17(21)12-3-6-16-11(8-12)2-1-7-20-16/h3-6,8-9,20H,1-2,7,10H2. The molecule has 0 aliphatic carbocycles. The van der Waals surface area contributed by atoms with Crippen molar-refractivity contribution in [1.29, 1.82) is 0 Å². The Kier molecular flexibility index (Phi) is 3.93. The normalized spacial score (nSPS) is 13.4. The Balaban J connectivity index is 1.83. The van der Waals surface area contributed by atoms with Crippen LogP contribution in [0.4, 0.5) is 10.1 Å². The summed E-state index contributed by atoms with van der Waals surface area (Å²) in [4.78, 5) is 12.3. The van der Waals surface area contributed by atoms with E-state index >= 15 is 0 Å². The maximum absolute atomic E-state index is 13.7. The number of nitrogens with one attached hydrogen (secondary N) is 1. The van der Waals surface area contributed by atoms with Crippen molar-refractivity contribution in [3.8, 4) is 0 Å². The Morgan fingerprint density at radius 2 is 2.10 bits per heavy atom. The van der Waals surface area contributed by atoms with Gasteiger partial charge in [-0.1, -0.05) is 11.6 Å². The summed E-state index contributed by atoms with van der Waals surface area (Å²) in [5, 5.41) is 3.75. The van der Waals surface area contributed by atoms with Gasteiger partial charge in [0, 0.05) is 29.2 Å². The summed E-state index contributed by atoms with van der Waals surface area (Å²) in [5.41, 5.74) is 3.20. The van der Waals surface area contributed by atoms with E-state index in [9.17, 15) is 9.18 Å². The highest BCUT2D eigenvalue weighted by Gasteiger charge is 2.14. The fourth-order valence-electron chi connectivity index (χ4n) is 2.60. The average Bonchev–Trinajstić information content (AvgIpc) is 2.50. The summed E-state index contributed by atoms with van der Waals surface area (Å²) in [6, 6.07) is 9.91. The van der Waals surface area contributed by atoms with Crippen molar-refractivity contribution in [2.75, 3.05) is 11.9 Å². The van der Waals surface area contributed by atoms with Gasteiger partial charge in [0.05, 0.1) is 0 Å². The van der Waals surface area contributed by atoms with Crippen molar-refractivity contribution in [2.24, 2.45) is 0 Å². The van der Waals surface area contributed by atoms with E-state index < -0.39 is 5.82 Å². The molecule has 1 aliphatic rings. The van der Waals surface area contributed by atoms with E-state index in [-0.39, 0.29) is 12.2 Å². The van der Waals surface area contributed by atoms with Crippen molar-refractivity contribution < 1.29 is 9.18 Å². The van der Waals surface area contributed by atoms with Gasteiger partial charge in [0.15, 0.2) is 5.78 Å². The molecule has 3 rings (SSSR count). The van der Waals surface area contributed by atoms with Gasteiger partial charge in [-0.15, -0.1) is 0 Å². The molecule has 1 aliphatic heterocycles. The second-order valence-corrected chi connectivity index (χ2v) is 5.67. The monoisotopic (exact) mass is 303 g/mol. The molecule has 0 fully saturated rings. The molecule has 1 N–H and O–H groups in total. The van der Waals surface area contributed by atoms with Gasteiger partial charge in [-0.3, -0.25) is 4.79 Å². The molecule has 2 nitrogen and oxygen atoms in total. The quantitative estimate of drug-likeness (QED) is 0.858. The number of carbonyl (C=O) groups is 1. The second kappa shape index (κ2) is 5.86. The zero-order valence-electron chi connectivity index (χ0n) is 11.5. The first kappa shape index (κ1) is 14.1. The van der Waals surface area contributed by atoms with Crippen LogP contribution >= 0.6 is 11.6 Å². The Morgan fingerprint density at radius 3 is 2.95 bits per heavy atom. The van der Waals surface area contributed by atoms with Gasteiger partial charge in [0.25, 0.3) is 0 Å². The van der Waals surface area contributed by atoms with Crippen LogP contribution in [0.1, 0.15) is 27.9 Å². The topological polar surface area (TPSA) is 29.1 Å². The van der Waals surface area contributed by atoms with E-state index in [1.807, 2.05) is 12.1 Å². The molecule has 0 radical (unpaired) electrons. The molecule has 21 heavy (non-hydrogen) atoms. The third-order valence-electron chi connectivity index (χ3n) is 3.72. The number of anilines is 1. The summed E-state index contributed by atoms with van der Waals surface area (Å²) >= 11 is 5.85. The number of ketones is 1. The molecule has 0 saturated carbocycles. The van der Waals surface area contributed by atoms with E-state index in [1.54, 1.807) is 6.07 Å². The lowest BCUT2D eigenvalue weighted by molar-refractivity contribution is 0.0991. The van der Waals surface area contributed by atoms with Crippen LogP contribution < -0.4 is 5.32 Å². The van der Waals surface area contributed by atoms with Gasteiger partial charge in [-0.05, 0) is 60.4 Å². The molecule has 0 aromatic heterocycles.